The predicted molar refractivity (Wildman–Crippen MR) is 153 cm³/mol. The van der Waals surface area contributed by atoms with Gasteiger partial charge in [0.25, 0.3) is 0 Å². The molecule has 6 heteroatoms. The zero-order valence-electron chi connectivity index (χ0n) is 22.9. The normalized spacial score (nSPS) is 12.0. The Hall–Kier alpha value is -2.63. The molecule has 0 aliphatic carbocycles. The summed E-state index contributed by atoms with van der Waals surface area (Å²) in [5.74, 6) is 0.702. The maximum atomic E-state index is 11.9. The van der Waals surface area contributed by atoms with Gasteiger partial charge in [-0.15, -0.1) is 0 Å². The average Bonchev–Trinajstić information content (AvgIpc) is 3.23. The molecule has 3 aromatic rings. The lowest BCUT2D eigenvalue weighted by Crippen LogP contribution is -2.26. The average molecular weight is 524 g/mol. The summed E-state index contributed by atoms with van der Waals surface area (Å²) in [6.07, 6.45) is 7.42. The van der Waals surface area contributed by atoms with E-state index in [4.69, 9.17) is 21.3 Å². The second kappa shape index (κ2) is 14.9. The van der Waals surface area contributed by atoms with Crippen LogP contribution in [-0.2, 0) is 17.7 Å². The highest BCUT2D eigenvalue weighted by Crippen LogP contribution is 2.33. The molecule has 0 amide bonds. The van der Waals surface area contributed by atoms with E-state index in [0.717, 1.165) is 75.1 Å². The summed E-state index contributed by atoms with van der Waals surface area (Å²) < 4.78 is 7.44. The molecule has 0 radical (unpaired) electrons. The number of carbonyl (C=O) groups excluding carboxylic acids is 1. The van der Waals surface area contributed by atoms with Crippen LogP contribution < -0.4 is 5.32 Å². The van der Waals surface area contributed by atoms with E-state index in [1.807, 2.05) is 31.2 Å². The molecule has 0 spiro atoms. The number of carbonyl (C=O) groups is 1. The Balaban J connectivity index is 1.74. The molecular weight excluding hydrogens is 482 g/mol. The first-order valence-electron chi connectivity index (χ1n) is 13.8. The minimum absolute atomic E-state index is 0.153. The second-order valence-electron chi connectivity index (χ2n) is 9.60. The largest absolute Gasteiger partial charge is 0.462 e. The van der Waals surface area contributed by atoms with Crippen LogP contribution in [0.4, 0.5) is 0 Å². The van der Waals surface area contributed by atoms with E-state index in [-0.39, 0.29) is 12.0 Å². The molecule has 0 saturated heterocycles. The number of rotatable bonds is 15. The fourth-order valence-corrected chi connectivity index (χ4v) is 4.99. The Morgan fingerprint density at radius 1 is 1.03 bits per heavy atom. The van der Waals surface area contributed by atoms with Gasteiger partial charge in [0.1, 0.15) is 5.82 Å². The fraction of sp³-hybridized carbons (Fsp3) is 0.484. The summed E-state index contributed by atoms with van der Waals surface area (Å²) in [5.41, 5.74) is 5.28. The molecule has 0 fully saturated rings. The van der Waals surface area contributed by atoms with E-state index in [2.05, 4.69) is 54.9 Å². The number of nitrogens with one attached hydrogen (secondary N) is 1. The number of halogens is 1. The van der Waals surface area contributed by atoms with Gasteiger partial charge in [-0.25, -0.2) is 9.78 Å². The van der Waals surface area contributed by atoms with Crippen molar-refractivity contribution in [2.24, 2.45) is 0 Å². The highest BCUT2D eigenvalue weighted by Gasteiger charge is 2.24. The first-order valence-corrected chi connectivity index (χ1v) is 14.2. The molecule has 0 bridgehead atoms. The van der Waals surface area contributed by atoms with Crippen molar-refractivity contribution in [1.82, 2.24) is 14.9 Å². The lowest BCUT2D eigenvalue weighted by molar-refractivity contribution is 0.0526. The summed E-state index contributed by atoms with van der Waals surface area (Å²) in [6.45, 7) is 10.6. The molecule has 1 aromatic heterocycles. The molecule has 2 aromatic carbocycles. The second-order valence-corrected chi connectivity index (χ2v) is 9.96. The van der Waals surface area contributed by atoms with Crippen molar-refractivity contribution in [3.63, 3.8) is 0 Å². The van der Waals surface area contributed by atoms with Crippen molar-refractivity contribution >= 4 is 17.6 Å². The van der Waals surface area contributed by atoms with Crippen LogP contribution in [0.15, 0.2) is 48.5 Å². The Morgan fingerprint density at radius 3 is 2.43 bits per heavy atom. The molecule has 1 N–H and O–H groups in total. The maximum absolute atomic E-state index is 11.9. The predicted octanol–water partition coefficient (Wildman–Crippen LogP) is 7.94. The molecule has 0 aliphatic rings. The van der Waals surface area contributed by atoms with Crippen LogP contribution in [0.5, 0.6) is 0 Å². The molecule has 5 nitrogen and oxygen atoms in total. The van der Waals surface area contributed by atoms with Crippen LogP contribution in [-0.4, -0.2) is 28.7 Å². The van der Waals surface area contributed by atoms with E-state index in [0.29, 0.717) is 17.3 Å². The lowest BCUT2D eigenvalue weighted by Gasteiger charge is -2.22. The van der Waals surface area contributed by atoms with Gasteiger partial charge in [-0.2, -0.15) is 0 Å². The Morgan fingerprint density at radius 2 is 1.76 bits per heavy atom. The first kappa shape index (κ1) is 28.9. The number of imidazole rings is 1. The van der Waals surface area contributed by atoms with Crippen LogP contribution in [0.2, 0.25) is 5.15 Å². The number of esters is 1. The van der Waals surface area contributed by atoms with Crippen molar-refractivity contribution in [2.45, 2.75) is 85.2 Å². The molecule has 1 atom stereocenters. The standard InChI is InChI=1S/C31H42ClN3O2/c1-5-8-16-27(33-21-12-14-24-17-19-25(20-18-24)31(36)37-7-3)28-29(32)34-30(35(28)22-9-6-2)26-15-11-10-13-23(26)4/h10-11,13,15,17-20,27,33H,5-9,12,14,16,21-22H2,1-4H3. The van der Waals surface area contributed by atoms with Gasteiger partial charge in [0.2, 0.25) is 0 Å². The van der Waals surface area contributed by atoms with Crippen LogP contribution >= 0.6 is 11.6 Å². The molecule has 0 saturated carbocycles. The van der Waals surface area contributed by atoms with E-state index >= 15 is 0 Å². The number of benzene rings is 2. The van der Waals surface area contributed by atoms with Gasteiger partial charge in [0, 0.05) is 12.1 Å². The summed E-state index contributed by atoms with van der Waals surface area (Å²) in [5, 5.41) is 4.41. The topological polar surface area (TPSA) is 56.1 Å². The smallest absolute Gasteiger partial charge is 0.338 e. The van der Waals surface area contributed by atoms with Crippen LogP contribution in [0.25, 0.3) is 11.4 Å². The lowest BCUT2D eigenvalue weighted by atomic mass is 10.0. The van der Waals surface area contributed by atoms with Gasteiger partial charge < -0.3 is 14.6 Å². The van der Waals surface area contributed by atoms with Crippen LogP contribution in [0.3, 0.4) is 0 Å². The number of nitrogens with zero attached hydrogens (tertiary/aromatic N) is 2. The molecule has 1 unspecified atom stereocenters. The third-order valence-electron chi connectivity index (χ3n) is 6.76. The van der Waals surface area contributed by atoms with E-state index in [9.17, 15) is 4.79 Å². The number of ether oxygens (including phenoxy) is 1. The van der Waals surface area contributed by atoms with Crippen LogP contribution in [0.1, 0.15) is 92.5 Å². The molecule has 37 heavy (non-hydrogen) atoms. The third-order valence-corrected chi connectivity index (χ3v) is 7.04. The highest BCUT2D eigenvalue weighted by molar-refractivity contribution is 6.30. The van der Waals surface area contributed by atoms with Gasteiger partial charge in [-0.05, 0) is 69.3 Å². The van der Waals surface area contributed by atoms with Gasteiger partial charge in [-0.1, -0.05) is 81.1 Å². The Bertz CT molecular complexity index is 1120. The summed E-state index contributed by atoms with van der Waals surface area (Å²) >= 11 is 6.87. The van der Waals surface area contributed by atoms with Crippen molar-refractivity contribution < 1.29 is 9.53 Å². The number of aromatic nitrogens is 2. The number of hydrogen-bond acceptors (Lipinski definition) is 4. The van der Waals surface area contributed by atoms with Gasteiger partial charge in [0.15, 0.2) is 5.15 Å². The number of hydrogen-bond donors (Lipinski definition) is 1. The van der Waals surface area contributed by atoms with Crippen LogP contribution in [0, 0.1) is 6.92 Å². The Kier molecular flexibility index (Phi) is 11.7. The number of aryl methyl sites for hydroxylation is 2. The Labute approximate surface area is 227 Å². The van der Waals surface area contributed by atoms with Gasteiger partial charge >= 0.3 is 5.97 Å². The molecule has 0 aliphatic heterocycles. The fourth-order valence-electron chi connectivity index (χ4n) is 4.67. The highest BCUT2D eigenvalue weighted by atomic mass is 35.5. The summed E-state index contributed by atoms with van der Waals surface area (Å²) in [7, 11) is 0. The minimum atomic E-state index is -0.267. The zero-order chi connectivity index (χ0) is 26.6. The monoisotopic (exact) mass is 523 g/mol. The van der Waals surface area contributed by atoms with Crippen molar-refractivity contribution in [3.05, 3.63) is 76.1 Å². The van der Waals surface area contributed by atoms with Gasteiger partial charge in [0.05, 0.1) is 23.9 Å². The first-order chi connectivity index (χ1) is 18.0. The van der Waals surface area contributed by atoms with E-state index < -0.39 is 0 Å². The van der Waals surface area contributed by atoms with Crippen molar-refractivity contribution in [3.8, 4) is 11.4 Å². The maximum Gasteiger partial charge on any atom is 0.338 e. The summed E-state index contributed by atoms with van der Waals surface area (Å²) in [6, 6.07) is 16.3. The molecule has 1 heterocycles. The summed E-state index contributed by atoms with van der Waals surface area (Å²) in [4.78, 5) is 16.8. The third kappa shape index (κ3) is 7.93. The van der Waals surface area contributed by atoms with E-state index in [1.165, 1.54) is 11.1 Å². The molecular formula is C31H42ClN3O2. The zero-order valence-corrected chi connectivity index (χ0v) is 23.6. The minimum Gasteiger partial charge on any atom is -0.462 e. The van der Waals surface area contributed by atoms with Crippen molar-refractivity contribution in [2.75, 3.05) is 13.2 Å². The van der Waals surface area contributed by atoms with Gasteiger partial charge in [-0.3, -0.25) is 0 Å². The molecule has 200 valence electrons. The molecule has 3 rings (SSSR count). The van der Waals surface area contributed by atoms with Crippen molar-refractivity contribution in [1.29, 1.82) is 0 Å². The SMILES string of the molecule is CCCCC(NCCCc1ccc(C(=O)OCC)cc1)c1c(Cl)nc(-c2ccccc2C)n1CCCC. The number of unbranched alkanes of at least 4 members (excludes halogenated alkanes) is 2. The van der Waals surface area contributed by atoms with E-state index in [1.54, 1.807) is 0 Å². The quantitative estimate of drug-likeness (QED) is 0.162.